The molecule has 1 N–H and O–H groups in total. The van der Waals surface area contributed by atoms with Gasteiger partial charge in [0.1, 0.15) is 5.01 Å². The van der Waals surface area contributed by atoms with Crippen molar-refractivity contribution in [1.82, 2.24) is 19.7 Å². The van der Waals surface area contributed by atoms with Crippen LogP contribution in [0.2, 0.25) is 0 Å². The number of thiazole rings is 1. The highest BCUT2D eigenvalue weighted by Crippen LogP contribution is 2.23. The van der Waals surface area contributed by atoms with Gasteiger partial charge in [0.15, 0.2) is 5.13 Å². The Balaban J connectivity index is 1.88. The average molecular weight is 333 g/mol. The van der Waals surface area contributed by atoms with Crippen molar-refractivity contribution >= 4 is 33.7 Å². The number of rotatable bonds is 4. The summed E-state index contributed by atoms with van der Waals surface area (Å²) in [6, 6.07) is 1.87. The van der Waals surface area contributed by atoms with Gasteiger partial charge in [-0.15, -0.1) is 21.5 Å². The first kappa shape index (κ1) is 14.9. The Bertz CT molecular complexity index is 803. The van der Waals surface area contributed by atoms with Gasteiger partial charge in [0.25, 0.3) is 5.91 Å². The van der Waals surface area contributed by atoms with Crippen LogP contribution in [-0.4, -0.2) is 25.7 Å². The first-order valence-corrected chi connectivity index (χ1v) is 8.52. The van der Waals surface area contributed by atoms with Gasteiger partial charge in [0.05, 0.1) is 5.56 Å². The molecule has 0 aromatic carbocycles. The van der Waals surface area contributed by atoms with Crippen LogP contribution in [0, 0.1) is 13.8 Å². The molecular formula is C14H15N5OS2. The van der Waals surface area contributed by atoms with Crippen LogP contribution < -0.4 is 5.32 Å². The fourth-order valence-electron chi connectivity index (χ4n) is 2.22. The number of carbonyl (C=O) groups is 1. The highest BCUT2D eigenvalue weighted by atomic mass is 32.1. The van der Waals surface area contributed by atoms with Crippen molar-refractivity contribution in [1.29, 1.82) is 0 Å². The van der Waals surface area contributed by atoms with E-state index in [9.17, 15) is 4.79 Å². The zero-order valence-corrected chi connectivity index (χ0v) is 14.1. The summed E-state index contributed by atoms with van der Waals surface area (Å²) in [5.74, 6) is -0.172. The summed E-state index contributed by atoms with van der Waals surface area (Å²) >= 11 is 2.94. The first-order valence-electron chi connectivity index (χ1n) is 6.82. The van der Waals surface area contributed by atoms with E-state index in [1.807, 2.05) is 36.8 Å². The number of nitrogens with one attached hydrogen (secondary N) is 1. The molecule has 3 aromatic heterocycles. The van der Waals surface area contributed by atoms with E-state index in [2.05, 4.69) is 20.5 Å². The summed E-state index contributed by atoms with van der Waals surface area (Å²) in [4.78, 5) is 16.8. The van der Waals surface area contributed by atoms with Gasteiger partial charge < -0.3 is 0 Å². The summed E-state index contributed by atoms with van der Waals surface area (Å²) in [7, 11) is 0. The van der Waals surface area contributed by atoms with Crippen molar-refractivity contribution in [2.75, 3.05) is 5.32 Å². The largest absolute Gasteiger partial charge is 0.296 e. The molecular weight excluding hydrogens is 318 g/mol. The van der Waals surface area contributed by atoms with Crippen LogP contribution in [0.15, 0.2) is 17.6 Å². The molecule has 0 saturated carbocycles. The molecule has 1 amide bonds. The molecule has 0 radical (unpaired) electrons. The van der Waals surface area contributed by atoms with E-state index >= 15 is 0 Å². The third-order valence-corrected chi connectivity index (χ3v) is 5.02. The van der Waals surface area contributed by atoms with Crippen molar-refractivity contribution in [2.45, 2.75) is 27.2 Å². The number of hydrogen-bond acceptors (Lipinski definition) is 6. The van der Waals surface area contributed by atoms with Gasteiger partial charge in [-0.2, -0.15) is 0 Å². The van der Waals surface area contributed by atoms with Gasteiger partial charge >= 0.3 is 0 Å². The third-order valence-electron chi connectivity index (χ3n) is 3.28. The Labute approximate surface area is 135 Å². The molecule has 0 aliphatic carbocycles. The lowest BCUT2D eigenvalue weighted by molar-refractivity contribution is 0.102. The highest BCUT2D eigenvalue weighted by molar-refractivity contribution is 7.15. The molecule has 0 unspecified atom stereocenters. The van der Waals surface area contributed by atoms with Crippen LogP contribution >= 0.6 is 22.7 Å². The lowest BCUT2D eigenvalue weighted by atomic mass is 10.2. The summed E-state index contributed by atoms with van der Waals surface area (Å²) in [6.45, 7) is 5.89. The molecule has 0 aliphatic heterocycles. The summed E-state index contributed by atoms with van der Waals surface area (Å²) < 4.78 is 1.98. The molecule has 3 aromatic rings. The zero-order chi connectivity index (χ0) is 15.7. The van der Waals surface area contributed by atoms with Gasteiger partial charge in [0, 0.05) is 23.0 Å². The van der Waals surface area contributed by atoms with E-state index in [0.717, 1.165) is 27.9 Å². The quantitative estimate of drug-likeness (QED) is 0.795. The maximum absolute atomic E-state index is 12.5. The van der Waals surface area contributed by atoms with E-state index < -0.39 is 0 Å². The minimum atomic E-state index is -0.172. The van der Waals surface area contributed by atoms with Crippen LogP contribution in [0.3, 0.4) is 0 Å². The molecule has 8 heteroatoms. The molecule has 0 aliphatic rings. The second-order valence-corrected chi connectivity index (χ2v) is 6.68. The molecule has 0 spiro atoms. The minimum absolute atomic E-state index is 0.172. The van der Waals surface area contributed by atoms with E-state index in [1.54, 1.807) is 6.20 Å². The summed E-state index contributed by atoms with van der Waals surface area (Å²) in [6.07, 6.45) is 2.57. The number of aromatic nitrogens is 4. The minimum Gasteiger partial charge on any atom is -0.296 e. The Morgan fingerprint density at radius 1 is 1.36 bits per heavy atom. The van der Waals surface area contributed by atoms with Crippen molar-refractivity contribution < 1.29 is 4.79 Å². The second kappa shape index (κ2) is 5.98. The van der Waals surface area contributed by atoms with Crippen LogP contribution in [0.5, 0.6) is 0 Å². The Morgan fingerprint density at radius 2 is 2.18 bits per heavy atom. The van der Waals surface area contributed by atoms with Gasteiger partial charge in [-0.1, -0.05) is 18.3 Å². The number of aryl methyl sites for hydroxylation is 2. The zero-order valence-electron chi connectivity index (χ0n) is 12.5. The molecule has 6 nitrogen and oxygen atoms in total. The predicted molar refractivity (Wildman–Crippen MR) is 88.2 cm³/mol. The first-order chi connectivity index (χ1) is 10.6. The van der Waals surface area contributed by atoms with Crippen molar-refractivity contribution in [3.05, 3.63) is 39.6 Å². The molecule has 22 heavy (non-hydrogen) atoms. The maximum atomic E-state index is 12.5. The normalized spacial score (nSPS) is 10.9. The van der Waals surface area contributed by atoms with Crippen molar-refractivity contribution in [3.63, 3.8) is 0 Å². The van der Waals surface area contributed by atoms with E-state index in [1.165, 1.54) is 22.7 Å². The standard InChI is InChI=1S/C14H15N5OS2/c1-4-11-17-18-13(22-11)16-12(20)10-7-8(2)19(9(10)3)14-15-5-6-21-14/h5-7H,4H2,1-3H3,(H,16,18,20). The van der Waals surface area contributed by atoms with Crippen LogP contribution in [0.4, 0.5) is 5.13 Å². The Hall–Kier alpha value is -2.06. The molecule has 0 fully saturated rings. The fraction of sp³-hybridized carbons (Fsp3) is 0.286. The van der Waals surface area contributed by atoms with Gasteiger partial charge in [-0.3, -0.25) is 14.7 Å². The Kier molecular flexibility index (Phi) is 4.04. The molecule has 3 rings (SSSR count). The van der Waals surface area contributed by atoms with E-state index in [4.69, 9.17) is 0 Å². The Morgan fingerprint density at radius 3 is 2.82 bits per heavy atom. The lowest BCUT2D eigenvalue weighted by Crippen LogP contribution is -2.13. The molecule has 0 bridgehead atoms. The number of nitrogens with zero attached hydrogens (tertiary/aromatic N) is 4. The molecule has 0 atom stereocenters. The average Bonchev–Trinajstić information content (AvgIpc) is 3.20. The second-order valence-electron chi connectivity index (χ2n) is 4.74. The smallest absolute Gasteiger partial charge is 0.259 e. The maximum Gasteiger partial charge on any atom is 0.259 e. The summed E-state index contributed by atoms with van der Waals surface area (Å²) in [5.41, 5.74) is 2.47. The number of amides is 1. The molecule has 114 valence electrons. The third kappa shape index (κ3) is 2.67. The molecule has 3 heterocycles. The van der Waals surface area contributed by atoms with Gasteiger partial charge in [0.2, 0.25) is 5.13 Å². The number of carbonyl (C=O) groups excluding carboxylic acids is 1. The van der Waals surface area contributed by atoms with E-state index in [0.29, 0.717) is 10.7 Å². The van der Waals surface area contributed by atoms with Crippen LogP contribution in [0.1, 0.15) is 33.7 Å². The fourth-order valence-corrected chi connectivity index (χ4v) is 3.65. The van der Waals surface area contributed by atoms with Crippen LogP contribution in [-0.2, 0) is 6.42 Å². The SMILES string of the molecule is CCc1nnc(NC(=O)c2cc(C)n(-c3nccs3)c2C)s1. The number of hydrogen-bond donors (Lipinski definition) is 1. The van der Waals surface area contributed by atoms with Crippen LogP contribution in [0.25, 0.3) is 5.13 Å². The summed E-state index contributed by atoms with van der Waals surface area (Å²) in [5, 5.41) is 15.0. The highest BCUT2D eigenvalue weighted by Gasteiger charge is 2.18. The van der Waals surface area contributed by atoms with Gasteiger partial charge in [-0.25, -0.2) is 4.98 Å². The van der Waals surface area contributed by atoms with Gasteiger partial charge in [-0.05, 0) is 26.3 Å². The van der Waals surface area contributed by atoms with Crippen molar-refractivity contribution in [2.24, 2.45) is 0 Å². The molecule has 0 saturated heterocycles. The number of anilines is 1. The predicted octanol–water partition coefficient (Wildman–Crippen LogP) is 3.22. The topological polar surface area (TPSA) is 72.7 Å². The monoisotopic (exact) mass is 333 g/mol. The van der Waals surface area contributed by atoms with Crippen molar-refractivity contribution in [3.8, 4) is 5.13 Å². The van der Waals surface area contributed by atoms with E-state index in [-0.39, 0.29) is 5.91 Å². The lowest BCUT2D eigenvalue weighted by Gasteiger charge is -2.05.